The monoisotopic (exact) mass is 711 g/mol. The number of fused-ring (bicyclic) bond motifs is 7. The fraction of sp³-hybridized carbons (Fsp3) is 0.750. The van der Waals surface area contributed by atoms with E-state index in [9.17, 15) is 9.59 Å². The van der Waals surface area contributed by atoms with Gasteiger partial charge in [0.15, 0.2) is 0 Å². The predicted molar refractivity (Wildman–Crippen MR) is 198 cm³/mol. The maximum atomic E-state index is 13.6. The topological polar surface area (TPSA) is 104 Å². The summed E-state index contributed by atoms with van der Waals surface area (Å²) in [6.07, 6.45) is 14.8. The molecule has 6 saturated carbocycles. The fourth-order valence-corrected chi connectivity index (χ4v) is 14.6. The molecule has 0 unspecified atom stereocenters. The van der Waals surface area contributed by atoms with Gasteiger partial charge >= 0.3 is 5.97 Å². The van der Waals surface area contributed by atoms with Crippen LogP contribution >= 0.6 is 0 Å². The quantitative estimate of drug-likeness (QED) is 0.152. The number of pyridine rings is 1. The Morgan fingerprint density at radius 3 is 2.42 bits per heavy atom. The van der Waals surface area contributed by atoms with E-state index >= 15 is 0 Å². The van der Waals surface area contributed by atoms with Gasteiger partial charge in [-0.2, -0.15) is 0 Å². The van der Waals surface area contributed by atoms with Crippen molar-refractivity contribution in [3.05, 3.63) is 42.6 Å². The molecule has 0 saturated heterocycles. The second kappa shape index (κ2) is 12.0. The lowest BCUT2D eigenvalue weighted by Crippen LogP contribution is -2.67. The third kappa shape index (κ3) is 4.86. The third-order valence-electron chi connectivity index (χ3n) is 17.7. The van der Waals surface area contributed by atoms with Crippen molar-refractivity contribution < 1.29 is 23.5 Å². The molecule has 2 aromatic rings. The first-order chi connectivity index (χ1) is 24.6. The van der Waals surface area contributed by atoms with Crippen molar-refractivity contribution in [3.8, 4) is 11.5 Å². The Bertz CT molecular complexity index is 1740. The SMILES string of the molecule is C=C(C)[C@@H]1CC[C@]2(c3nnc(-c4cccnc4)o3)CC[C@]3(C)[C@H](CC[C@@H]4[C@@]5(C)CC[C@H](OC(=O)[C@H]6[C@@H](COC=O)C6(C)C)C(C)(C)[C@@H]5CC[C@]43C)[C@@H]12. The molecule has 8 rings (SSSR count). The van der Waals surface area contributed by atoms with Gasteiger partial charge in [0, 0.05) is 23.7 Å². The summed E-state index contributed by atoms with van der Waals surface area (Å²) in [5, 5.41) is 9.41. The molecule has 0 N–H and O–H groups in total. The zero-order valence-corrected chi connectivity index (χ0v) is 32.9. The predicted octanol–water partition coefficient (Wildman–Crippen LogP) is 9.40. The summed E-state index contributed by atoms with van der Waals surface area (Å²) in [6, 6.07) is 3.92. The number of aromatic nitrogens is 3. The number of hydrogen-bond acceptors (Lipinski definition) is 8. The second-order valence-electron chi connectivity index (χ2n) is 20.1. The van der Waals surface area contributed by atoms with Gasteiger partial charge in [0.2, 0.25) is 11.8 Å². The number of hydrogen-bond donors (Lipinski definition) is 0. The van der Waals surface area contributed by atoms with Gasteiger partial charge in [-0.25, -0.2) is 0 Å². The highest BCUT2D eigenvalue weighted by Gasteiger charge is 2.72. The third-order valence-corrected chi connectivity index (χ3v) is 17.7. The van der Waals surface area contributed by atoms with Crippen molar-refractivity contribution in [1.29, 1.82) is 0 Å². The molecular formula is C44H61N3O5. The second-order valence-corrected chi connectivity index (χ2v) is 20.1. The van der Waals surface area contributed by atoms with Crippen LogP contribution in [0.2, 0.25) is 0 Å². The van der Waals surface area contributed by atoms with Crippen molar-refractivity contribution in [3.63, 3.8) is 0 Å². The molecular weight excluding hydrogens is 651 g/mol. The van der Waals surface area contributed by atoms with Crippen molar-refractivity contribution in [2.45, 2.75) is 131 Å². The van der Waals surface area contributed by atoms with Crippen molar-refractivity contribution in [2.24, 2.45) is 68.5 Å². The lowest BCUT2D eigenvalue weighted by molar-refractivity contribution is -0.246. The Hall–Kier alpha value is -3.03. The molecule has 6 aliphatic rings. The molecule has 0 spiro atoms. The highest BCUT2D eigenvalue weighted by Crippen LogP contribution is 2.77. The van der Waals surface area contributed by atoms with Crippen LogP contribution in [0.3, 0.4) is 0 Å². The maximum Gasteiger partial charge on any atom is 0.310 e. The molecule has 0 amide bonds. The van der Waals surface area contributed by atoms with E-state index in [1.165, 1.54) is 31.3 Å². The molecule has 2 heterocycles. The Morgan fingerprint density at radius 1 is 0.923 bits per heavy atom. The summed E-state index contributed by atoms with van der Waals surface area (Å²) in [6.45, 7) is 24.5. The van der Waals surface area contributed by atoms with Gasteiger partial charge < -0.3 is 13.9 Å². The van der Waals surface area contributed by atoms with Crippen LogP contribution in [0.1, 0.15) is 125 Å². The van der Waals surface area contributed by atoms with Crippen LogP contribution in [0.25, 0.3) is 11.5 Å². The van der Waals surface area contributed by atoms with Crippen molar-refractivity contribution in [1.82, 2.24) is 15.2 Å². The first kappa shape index (κ1) is 36.0. The summed E-state index contributed by atoms with van der Waals surface area (Å²) >= 11 is 0. The van der Waals surface area contributed by atoms with Crippen molar-refractivity contribution >= 4 is 12.4 Å². The summed E-state index contributed by atoms with van der Waals surface area (Å²) in [5.74, 6) is 3.64. The van der Waals surface area contributed by atoms with E-state index in [-0.39, 0.29) is 63.0 Å². The molecule has 12 atom stereocenters. The normalized spacial score (nSPS) is 43.9. The van der Waals surface area contributed by atoms with Gasteiger partial charge in [-0.15, -0.1) is 10.2 Å². The van der Waals surface area contributed by atoms with Gasteiger partial charge in [0.1, 0.15) is 6.10 Å². The minimum atomic E-state index is -0.215. The Kier molecular flexibility index (Phi) is 8.29. The average Bonchev–Trinajstić information content (AvgIpc) is 3.46. The van der Waals surface area contributed by atoms with Gasteiger partial charge in [-0.1, -0.05) is 60.6 Å². The number of nitrogens with zero attached hydrogens (tertiary/aromatic N) is 3. The Balaban J connectivity index is 1.06. The van der Waals surface area contributed by atoms with E-state index in [1.54, 1.807) is 6.20 Å². The van der Waals surface area contributed by atoms with E-state index in [0.717, 1.165) is 50.0 Å². The van der Waals surface area contributed by atoms with Crippen LogP contribution in [0.15, 0.2) is 41.1 Å². The number of ether oxygens (including phenoxy) is 2. The summed E-state index contributed by atoms with van der Waals surface area (Å²) in [4.78, 5) is 28.8. The van der Waals surface area contributed by atoms with Crippen LogP contribution in [0.4, 0.5) is 0 Å². The fourth-order valence-electron chi connectivity index (χ4n) is 14.6. The summed E-state index contributed by atoms with van der Waals surface area (Å²) in [7, 11) is 0. The van der Waals surface area contributed by atoms with E-state index in [4.69, 9.17) is 19.0 Å². The van der Waals surface area contributed by atoms with E-state index < -0.39 is 0 Å². The zero-order chi connectivity index (χ0) is 37.1. The van der Waals surface area contributed by atoms with Gasteiger partial charge in [0.05, 0.1) is 23.5 Å². The van der Waals surface area contributed by atoms with E-state index in [1.807, 2.05) is 18.3 Å². The number of allylic oxidation sites excluding steroid dienone is 1. The van der Waals surface area contributed by atoms with Crippen LogP contribution in [0.5, 0.6) is 0 Å². The minimum absolute atomic E-state index is 0.0232. The van der Waals surface area contributed by atoms with Crippen LogP contribution in [-0.2, 0) is 24.5 Å². The van der Waals surface area contributed by atoms with Crippen LogP contribution in [-0.4, -0.2) is 40.3 Å². The van der Waals surface area contributed by atoms with Gasteiger partial charge in [-0.05, 0) is 135 Å². The molecule has 8 heteroatoms. The molecule has 2 aromatic heterocycles. The number of esters is 1. The summed E-state index contributed by atoms with van der Waals surface area (Å²) in [5.41, 5.74) is 2.29. The molecule has 0 radical (unpaired) electrons. The largest absolute Gasteiger partial charge is 0.468 e. The molecule has 282 valence electrons. The van der Waals surface area contributed by atoms with E-state index in [0.29, 0.717) is 42.0 Å². The minimum Gasteiger partial charge on any atom is -0.468 e. The molecule has 0 aromatic carbocycles. The first-order valence-electron chi connectivity index (χ1n) is 20.2. The standard InChI is InChI=1S/C44H61N3O5/c1-26(2)28-14-19-44(38-47-46-36(52-38)27-11-10-22-45-23-27)21-20-42(8)29(34(28)44)12-13-32-41(7)17-16-33(40(5,6)31(41)15-18-43(32,42)9)51-37(49)35-30(24-50-25-48)39(35,3)4/h10-11,22-23,25,28-35H,1,12-21,24H2,2-9H3/t28-,29+,30+,31-,32+,33-,34+,35+,41-,42+,43+,44-/m0/s1. The van der Waals surface area contributed by atoms with Gasteiger partial charge in [-0.3, -0.25) is 14.6 Å². The van der Waals surface area contributed by atoms with E-state index in [2.05, 4.69) is 72.1 Å². The molecule has 52 heavy (non-hydrogen) atoms. The Labute approximate surface area is 310 Å². The average molecular weight is 712 g/mol. The van der Waals surface area contributed by atoms with Gasteiger partial charge in [0.25, 0.3) is 6.47 Å². The summed E-state index contributed by atoms with van der Waals surface area (Å²) < 4.78 is 18.2. The molecule has 0 bridgehead atoms. The smallest absolute Gasteiger partial charge is 0.310 e. The molecule has 8 nitrogen and oxygen atoms in total. The maximum absolute atomic E-state index is 13.6. The van der Waals surface area contributed by atoms with Crippen LogP contribution < -0.4 is 0 Å². The molecule has 6 fully saturated rings. The number of rotatable bonds is 8. The number of carbonyl (C=O) groups is 2. The molecule has 0 aliphatic heterocycles. The Morgan fingerprint density at radius 2 is 1.71 bits per heavy atom. The highest BCUT2D eigenvalue weighted by atomic mass is 16.5. The molecule has 6 aliphatic carbocycles. The lowest BCUT2D eigenvalue weighted by atomic mass is 9.32. The lowest BCUT2D eigenvalue weighted by Gasteiger charge is -2.72. The number of carbonyl (C=O) groups excluding carboxylic acids is 2. The first-order valence-corrected chi connectivity index (χ1v) is 20.2. The highest BCUT2D eigenvalue weighted by molar-refractivity contribution is 5.78. The van der Waals surface area contributed by atoms with Crippen molar-refractivity contribution in [2.75, 3.05) is 6.61 Å². The zero-order valence-electron chi connectivity index (χ0n) is 32.9. The van der Waals surface area contributed by atoms with Crippen LogP contribution in [0, 0.1) is 68.5 Å².